The highest BCUT2D eigenvalue weighted by Gasteiger charge is 2.21. The van der Waals surface area contributed by atoms with Gasteiger partial charge in [-0.05, 0) is 39.3 Å². The van der Waals surface area contributed by atoms with Gasteiger partial charge in [-0.1, -0.05) is 13.8 Å². The number of fused-ring (bicyclic) bond motifs is 1. The lowest BCUT2D eigenvalue weighted by Crippen LogP contribution is -2.33. The quantitative estimate of drug-likeness (QED) is 0.867. The van der Waals surface area contributed by atoms with Crippen LogP contribution in [0.3, 0.4) is 0 Å². The highest BCUT2D eigenvalue weighted by atomic mass is 15.3. The number of hydrogen-bond donors (Lipinski definition) is 1. The molecule has 0 radical (unpaired) electrons. The molecule has 0 bridgehead atoms. The van der Waals surface area contributed by atoms with E-state index in [0.717, 1.165) is 25.1 Å². The first-order valence-corrected chi connectivity index (χ1v) is 7.08. The maximum atomic E-state index is 4.40. The van der Waals surface area contributed by atoms with Crippen molar-refractivity contribution < 1.29 is 0 Å². The minimum atomic E-state index is 0.414. The summed E-state index contributed by atoms with van der Waals surface area (Å²) in [5.74, 6) is 1.11. The molecule has 1 N–H and O–H groups in total. The Hall–Kier alpha value is -1.49. The Bertz CT molecular complexity index is 534. The molecule has 0 aromatic carbocycles. The van der Waals surface area contributed by atoms with Crippen molar-refractivity contribution in [1.29, 1.82) is 0 Å². The average Bonchev–Trinajstić information content (AvgIpc) is 2.85. The van der Waals surface area contributed by atoms with Crippen LogP contribution in [0.5, 0.6) is 0 Å². The van der Waals surface area contributed by atoms with Crippen LogP contribution in [0.2, 0.25) is 0 Å². The Morgan fingerprint density at radius 2 is 2.16 bits per heavy atom. The van der Waals surface area contributed by atoms with Gasteiger partial charge in [-0.25, -0.2) is 9.50 Å². The normalized spacial score (nSPS) is 14.7. The zero-order valence-electron chi connectivity index (χ0n) is 12.2. The van der Waals surface area contributed by atoms with Gasteiger partial charge in [0.25, 0.3) is 5.78 Å². The minimum Gasteiger partial charge on any atom is -0.314 e. The molecular formula is C14H23N5. The van der Waals surface area contributed by atoms with Crippen molar-refractivity contribution >= 4 is 5.78 Å². The fourth-order valence-corrected chi connectivity index (χ4v) is 2.56. The van der Waals surface area contributed by atoms with E-state index >= 15 is 0 Å². The fraction of sp³-hybridized carbons (Fsp3) is 0.643. The first kappa shape index (κ1) is 13.9. The summed E-state index contributed by atoms with van der Waals surface area (Å²) in [4.78, 5) is 8.60. The van der Waals surface area contributed by atoms with Gasteiger partial charge in [-0.15, -0.1) is 0 Å². The molecule has 104 valence electrons. The van der Waals surface area contributed by atoms with Crippen LogP contribution < -0.4 is 5.32 Å². The second kappa shape index (κ2) is 6.10. The summed E-state index contributed by atoms with van der Waals surface area (Å²) in [7, 11) is 0. The first-order chi connectivity index (χ1) is 9.17. The van der Waals surface area contributed by atoms with E-state index in [0.29, 0.717) is 17.7 Å². The lowest BCUT2D eigenvalue weighted by molar-refractivity contribution is 0.436. The highest BCUT2D eigenvalue weighted by Crippen LogP contribution is 2.23. The highest BCUT2D eigenvalue weighted by molar-refractivity contribution is 5.31. The third kappa shape index (κ3) is 2.92. The Balaban J connectivity index is 2.36. The molecule has 0 saturated heterocycles. The van der Waals surface area contributed by atoms with Crippen LogP contribution in [0.15, 0.2) is 12.4 Å². The van der Waals surface area contributed by atoms with Crippen molar-refractivity contribution in [1.82, 2.24) is 24.9 Å². The summed E-state index contributed by atoms with van der Waals surface area (Å²) in [6.45, 7) is 9.69. The van der Waals surface area contributed by atoms with Crippen LogP contribution in [0.25, 0.3) is 5.78 Å². The molecule has 2 aromatic rings. The molecule has 0 aliphatic carbocycles. The topological polar surface area (TPSA) is 55.1 Å². The number of aryl methyl sites for hydroxylation is 1. The summed E-state index contributed by atoms with van der Waals surface area (Å²) < 4.78 is 1.87. The number of nitrogens with zero attached hydrogens (tertiary/aromatic N) is 4. The summed E-state index contributed by atoms with van der Waals surface area (Å²) in [6.07, 6.45) is 3.79. The van der Waals surface area contributed by atoms with Crippen molar-refractivity contribution in [2.24, 2.45) is 0 Å². The molecule has 2 rings (SSSR count). The number of hydrogen-bond acceptors (Lipinski definition) is 4. The Morgan fingerprint density at radius 3 is 2.84 bits per heavy atom. The van der Waals surface area contributed by atoms with E-state index in [4.69, 9.17) is 0 Å². The molecule has 2 heterocycles. The predicted molar refractivity (Wildman–Crippen MR) is 76.3 cm³/mol. The molecule has 0 aliphatic heterocycles. The van der Waals surface area contributed by atoms with Gasteiger partial charge in [-0.3, -0.25) is 0 Å². The van der Waals surface area contributed by atoms with Crippen molar-refractivity contribution in [2.45, 2.75) is 52.5 Å². The van der Waals surface area contributed by atoms with Gasteiger partial charge in [0.15, 0.2) is 0 Å². The number of nitrogens with one attached hydrogen (secondary N) is 1. The molecule has 5 heteroatoms. The van der Waals surface area contributed by atoms with Crippen LogP contribution in [-0.4, -0.2) is 32.2 Å². The molecule has 5 nitrogen and oxygen atoms in total. The molecule has 0 aliphatic rings. The molecule has 0 fully saturated rings. The van der Waals surface area contributed by atoms with E-state index in [-0.39, 0.29) is 0 Å². The summed E-state index contributed by atoms with van der Waals surface area (Å²) in [6, 6.07) is 2.54. The second-order valence-electron chi connectivity index (χ2n) is 5.05. The van der Waals surface area contributed by atoms with Gasteiger partial charge in [0.05, 0.1) is 5.69 Å². The van der Waals surface area contributed by atoms with Gasteiger partial charge in [0.2, 0.25) is 0 Å². The SMILES string of the molecule is CCCNC(C)C(CC)c1cc(C)nc2ncnn12. The summed E-state index contributed by atoms with van der Waals surface area (Å²) in [5, 5.41) is 7.88. The molecule has 0 spiro atoms. The zero-order chi connectivity index (χ0) is 13.8. The van der Waals surface area contributed by atoms with Crippen LogP contribution in [-0.2, 0) is 0 Å². The minimum absolute atomic E-state index is 0.414. The van der Waals surface area contributed by atoms with Gasteiger partial charge < -0.3 is 5.32 Å². The van der Waals surface area contributed by atoms with Gasteiger partial charge in [0, 0.05) is 17.7 Å². The standard InChI is InChI=1S/C14H23N5/c1-5-7-15-11(4)12(6-2)13-8-10(3)18-14-16-9-17-19(13)14/h8-9,11-12,15H,5-7H2,1-4H3. The van der Waals surface area contributed by atoms with Crippen molar-refractivity contribution in [3.05, 3.63) is 23.8 Å². The number of aromatic nitrogens is 4. The van der Waals surface area contributed by atoms with E-state index in [9.17, 15) is 0 Å². The lowest BCUT2D eigenvalue weighted by atomic mass is 9.93. The third-order valence-electron chi connectivity index (χ3n) is 3.55. The lowest BCUT2D eigenvalue weighted by Gasteiger charge is -2.24. The van der Waals surface area contributed by atoms with Crippen LogP contribution >= 0.6 is 0 Å². The monoisotopic (exact) mass is 261 g/mol. The maximum absolute atomic E-state index is 4.40. The fourth-order valence-electron chi connectivity index (χ4n) is 2.56. The van der Waals surface area contributed by atoms with E-state index in [1.54, 1.807) is 6.33 Å². The van der Waals surface area contributed by atoms with E-state index in [2.05, 4.69) is 47.2 Å². The van der Waals surface area contributed by atoms with Crippen LogP contribution in [0.1, 0.15) is 50.9 Å². The van der Waals surface area contributed by atoms with E-state index in [1.165, 1.54) is 5.69 Å². The Labute approximate surface area is 114 Å². The van der Waals surface area contributed by atoms with Gasteiger partial charge >= 0.3 is 0 Å². The Morgan fingerprint density at radius 1 is 1.37 bits per heavy atom. The van der Waals surface area contributed by atoms with Crippen molar-refractivity contribution in [2.75, 3.05) is 6.54 Å². The predicted octanol–water partition coefficient (Wildman–Crippen LogP) is 2.31. The maximum Gasteiger partial charge on any atom is 0.252 e. The van der Waals surface area contributed by atoms with Crippen molar-refractivity contribution in [3.63, 3.8) is 0 Å². The molecule has 0 saturated carbocycles. The van der Waals surface area contributed by atoms with Crippen molar-refractivity contribution in [3.8, 4) is 0 Å². The molecule has 2 unspecified atom stereocenters. The largest absolute Gasteiger partial charge is 0.314 e. The van der Waals surface area contributed by atoms with Crippen LogP contribution in [0, 0.1) is 6.92 Å². The zero-order valence-corrected chi connectivity index (χ0v) is 12.2. The molecule has 2 atom stereocenters. The molecular weight excluding hydrogens is 238 g/mol. The van der Waals surface area contributed by atoms with E-state index in [1.807, 2.05) is 11.4 Å². The first-order valence-electron chi connectivity index (χ1n) is 7.08. The average molecular weight is 261 g/mol. The Kier molecular flexibility index (Phi) is 4.47. The van der Waals surface area contributed by atoms with Crippen LogP contribution in [0.4, 0.5) is 0 Å². The second-order valence-corrected chi connectivity index (χ2v) is 5.05. The number of rotatable bonds is 6. The third-order valence-corrected chi connectivity index (χ3v) is 3.55. The van der Waals surface area contributed by atoms with E-state index < -0.39 is 0 Å². The van der Waals surface area contributed by atoms with Gasteiger partial charge in [-0.2, -0.15) is 10.1 Å². The molecule has 0 amide bonds. The van der Waals surface area contributed by atoms with Gasteiger partial charge in [0.1, 0.15) is 6.33 Å². The smallest absolute Gasteiger partial charge is 0.252 e. The summed E-state index contributed by atoms with van der Waals surface area (Å²) >= 11 is 0. The molecule has 19 heavy (non-hydrogen) atoms. The summed E-state index contributed by atoms with van der Waals surface area (Å²) in [5.41, 5.74) is 2.19. The molecule has 2 aromatic heterocycles.